The van der Waals surface area contributed by atoms with E-state index in [4.69, 9.17) is 4.74 Å². The van der Waals surface area contributed by atoms with Crippen molar-refractivity contribution < 1.29 is 13.9 Å². The van der Waals surface area contributed by atoms with Crippen LogP contribution in [0.5, 0.6) is 5.75 Å². The number of aryl methyl sites for hydroxylation is 1. The molecule has 1 aliphatic rings. The zero-order valence-corrected chi connectivity index (χ0v) is 13.6. The maximum atomic E-state index is 13.2. The van der Waals surface area contributed by atoms with Crippen molar-refractivity contribution in [1.82, 2.24) is 15.3 Å². The van der Waals surface area contributed by atoms with E-state index in [0.717, 1.165) is 22.4 Å². The first-order valence-electron chi connectivity index (χ1n) is 8.31. The standard InChI is InChI=1S/C19H18FN3O2/c20-13-6-5-12-9-14(11-25-17(12)10-13)21-19(24)8-7-18-22-15-3-1-2-4-16(15)23-18/h1-6,10,14H,7-9,11H2,(H,21,24)(H,22,23). The summed E-state index contributed by atoms with van der Waals surface area (Å²) in [6.45, 7) is 0.354. The third-order valence-corrected chi connectivity index (χ3v) is 4.33. The summed E-state index contributed by atoms with van der Waals surface area (Å²) in [4.78, 5) is 19.9. The Hall–Kier alpha value is -2.89. The van der Waals surface area contributed by atoms with Gasteiger partial charge in [0.1, 0.15) is 24.0 Å². The molecule has 3 aromatic rings. The number of nitrogens with zero attached hydrogens (tertiary/aromatic N) is 1. The second-order valence-corrected chi connectivity index (χ2v) is 6.23. The smallest absolute Gasteiger partial charge is 0.220 e. The molecule has 2 aromatic carbocycles. The Labute approximate surface area is 144 Å². The number of halogens is 1. The molecule has 1 aliphatic heterocycles. The minimum absolute atomic E-state index is 0.0420. The van der Waals surface area contributed by atoms with E-state index in [0.29, 0.717) is 31.6 Å². The molecule has 2 N–H and O–H groups in total. The van der Waals surface area contributed by atoms with Gasteiger partial charge in [0.15, 0.2) is 0 Å². The number of para-hydroxylation sites is 2. The average molecular weight is 339 g/mol. The van der Waals surface area contributed by atoms with Gasteiger partial charge in [-0.2, -0.15) is 0 Å². The Kier molecular flexibility index (Phi) is 4.09. The van der Waals surface area contributed by atoms with Gasteiger partial charge in [0.25, 0.3) is 0 Å². The van der Waals surface area contributed by atoms with Crippen LogP contribution in [0, 0.1) is 5.82 Å². The SMILES string of the molecule is O=C(CCc1nc2ccccc2[nH]1)NC1COc2cc(F)ccc2C1. The van der Waals surface area contributed by atoms with Crippen molar-refractivity contribution in [3.63, 3.8) is 0 Å². The highest BCUT2D eigenvalue weighted by Crippen LogP contribution is 2.25. The van der Waals surface area contributed by atoms with Crippen LogP contribution in [0.1, 0.15) is 17.8 Å². The number of hydrogen-bond donors (Lipinski definition) is 2. The molecule has 128 valence electrons. The van der Waals surface area contributed by atoms with Crippen LogP contribution in [0.2, 0.25) is 0 Å². The number of carbonyl (C=O) groups is 1. The lowest BCUT2D eigenvalue weighted by atomic mass is 10.0. The van der Waals surface area contributed by atoms with Crippen LogP contribution >= 0.6 is 0 Å². The third kappa shape index (κ3) is 3.47. The number of ether oxygens (including phenoxy) is 1. The quantitative estimate of drug-likeness (QED) is 0.768. The molecule has 2 heterocycles. The summed E-state index contributed by atoms with van der Waals surface area (Å²) in [5.74, 6) is 1.01. The zero-order chi connectivity index (χ0) is 17.2. The number of hydrogen-bond acceptors (Lipinski definition) is 3. The highest BCUT2D eigenvalue weighted by molar-refractivity contribution is 5.77. The van der Waals surface area contributed by atoms with E-state index in [9.17, 15) is 9.18 Å². The number of rotatable bonds is 4. The van der Waals surface area contributed by atoms with Gasteiger partial charge in [-0.15, -0.1) is 0 Å². The Morgan fingerprint density at radius 2 is 2.20 bits per heavy atom. The highest BCUT2D eigenvalue weighted by Gasteiger charge is 2.21. The summed E-state index contributed by atoms with van der Waals surface area (Å²) >= 11 is 0. The number of aromatic amines is 1. The topological polar surface area (TPSA) is 67.0 Å². The maximum absolute atomic E-state index is 13.2. The summed E-state index contributed by atoms with van der Waals surface area (Å²) in [5.41, 5.74) is 2.79. The van der Waals surface area contributed by atoms with Gasteiger partial charge in [-0.1, -0.05) is 18.2 Å². The summed E-state index contributed by atoms with van der Waals surface area (Å²) in [5, 5.41) is 2.98. The Morgan fingerprint density at radius 3 is 3.08 bits per heavy atom. The molecule has 0 radical (unpaired) electrons. The van der Waals surface area contributed by atoms with E-state index in [2.05, 4.69) is 15.3 Å². The first kappa shape index (κ1) is 15.6. The van der Waals surface area contributed by atoms with Gasteiger partial charge in [0.2, 0.25) is 5.91 Å². The van der Waals surface area contributed by atoms with Crippen LogP contribution < -0.4 is 10.1 Å². The number of aromatic nitrogens is 2. The molecule has 25 heavy (non-hydrogen) atoms. The summed E-state index contributed by atoms with van der Waals surface area (Å²) in [6.07, 6.45) is 1.55. The van der Waals surface area contributed by atoms with E-state index < -0.39 is 0 Å². The summed E-state index contributed by atoms with van der Waals surface area (Å²) < 4.78 is 18.7. The second kappa shape index (κ2) is 6.55. The monoisotopic (exact) mass is 339 g/mol. The van der Waals surface area contributed by atoms with E-state index in [-0.39, 0.29) is 17.8 Å². The van der Waals surface area contributed by atoms with Gasteiger partial charge in [-0.3, -0.25) is 4.79 Å². The average Bonchev–Trinajstić information content (AvgIpc) is 3.03. The number of nitrogens with one attached hydrogen (secondary N) is 2. The first-order chi connectivity index (χ1) is 12.2. The molecule has 1 amide bonds. The molecule has 1 aromatic heterocycles. The van der Waals surface area contributed by atoms with Crippen molar-refractivity contribution in [1.29, 1.82) is 0 Å². The maximum Gasteiger partial charge on any atom is 0.220 e. The van der Waals surface area contributed by atoms with Crippen LogP contribution in [-0.4, -0.2) is 28.5 Å². The van der Waals surface area contributed by atoms with Crippen LogP contribution in [0.4, 0.5) is 4.39 Å². The molecule has 1 unspecified atom stereocenters. The number of benzene rings is 2. The third-order valence-electron chi connectivity index (χ3n) is 4.33. The van der Waals surface area contributed by atoms with Gasteiger partial charge < -0.3 is 15.0 Å². The van der Waals surface area contributed by atoms with Crippen molar-refractivity contribution in [2.24, 2.45) is 0 Å². The number of H-pyrrole nitrogens is 1. The molecule has 0 saturated carbocycles. The van der Waals surface area contributed by atoms with Crippen molar-refractivity contribution in [3.8, 4) is 5.75 Å². The molecule has 1 atom stereocenters. The number of imidazole rings is 1. The predicted octanol–water partition coefficient (Wildman–Crippen LogP) is 2.75. The molecular formula is C19H18FN3O2. The fourth-order valence-corrected chi connectivity index (χ4v) is 3.09. The van der Waals surface area contributed by atoms with Gasteiger partial charge in [0, 0.05) is 18.9 Å². The lowest BCUT2D eigenvalue weighted by Crippen LogP contribution is -2.42. The van der Waals surface area contributed by atoms with E-state index in [1.54, 1.807) is 6.07 Å². The van der Waals surface area contributed by atoms with Gasteiger partial charge in [-0.05, 0) is 30.2 Å². The van der Waals surface area contributed by atoms with Crippen LogP contribution in [-0.2, 0) is 17.6 Å². The molecule has 0 saturated heterocycles. The van der Waals surface area contributed by atoms with Crippen molar-refractivity contribution in [2.75, 3.05) is 6.61 Å². The Balaban J connectivity index is 1.32. The fourth-order valence-electron chi connectivity index (χ4n) is 3.09. The van der Waals surface area contributed by atoms with E-state index in [1.807, 2.05) is 24.3 Å². The number of carbonyl (C=O) groups excluding carboxylic acids is 1. The van der Waals surface area contributed by atoms with E-state index in [1.165, 1.54) is 12.1 Å². The molecular weight excluding hydrogens is 321 g/mol. The van der Waals surface area contributed by atoms with Crippen LogP contribution in [0.3, 0.4) is 0 Å². The number of amides is 1. The molecule has 0 spiro atoms. The normalized spacial score (nSPS) is 16.3. The highest BCUT2D eigenvalue weighted by atomic mass is 19.1. The molecule has 0 fully saturated rings. The molecule has 0 bridgehead atoms. The van der Waals surface area contributed by atoms with Gasteiger partial charge in [-0.25, -0.2) is 9.37 Å². The summed E-state index contributed by atoms with van der Waals surface area (Å²) in [6, 6.07) is 12.2. The molecule has 0 aliphatic carbocycles. The van der Waals surface area contributed by atoms with E-state index >= 15 is 0 Å². The minimum atomic E-state index is -0.313. The van der Waals surface area contributed by atoms with Crippen molar-refractivity contribution in [3.05, 3.63) is 59.7 Å². The zero-order valence-electron chi connectivity index (χ0n) is 13.6. The van der Waals surface area contributed by atoms with Crippen LogP contribution in [0.15, 0.2) is 42.5 Å². The van der Waals surface area contributed by atoms with Gasteiger partial charge >= 0.3 is 0 Å². The second-order valence-electron chi connectivity index (χ2n) is 6.23. The van der Waals surface area contributed by atoms with Gasteiger partial charge in [0.05, 0.1) is 17.1 Å². The predicted molar refractivity (Wildman–Crippen MR) is 91.9 cm³/mol. The lowest BCUT2D eigenvalue weighted by molar-refractivity contribution is -0.122. The van der Waals surface area contributed by atoms with Crippen molar-refractivity contribution >= 4 is 16.9 Å². The molecule has 4 rings (SSSR count). The lowest BCUT2D eigenvalue weighted by Gasteiger charge is -2.26. The fraction of sp³-hybridized carbons (Fsp3) is 0.263. The Bertz CT molecular complexity index is 889. The number of fused-ring (bicyclic) bond motifs is 2. The first-order valence-corrected chi connectivity index (χ1v) is 8.31. The van der Waals surface area contributed by atoms with Crippen molar-refractivity contribution in [2.45, 2.75) is 25.3 Å². The largest absolute Gasteiger partial charge is 0.491 e. The molecule has 5 nitrogen and oxygen atoms in total. The summed E-state index contributed by atoms with van der Waals surface area (Å²) in [7, 11) is 0. The van der Waals surface area contributed by atoms with Crippen LogP contribution in [0.25, 0.3) is 11.0 Å². The molecule has 6 heteroatoms. The Morgan fingerprint density at radius 1 is 1.32 bits per heavy atom. The minimum Gasteiger partial charge on any atom is -0.491 e.